The lowest BCUT2D eigenvalue weighted by Gasteiger charge is -2.24. The van der Waals surface area contributed by atoms with E-state index in [1.165, 1.54) is 16.8 Å². The summed E-state index contributed by atoms with van der Waals surface area (Å²) in [5.74, 6) is 0. The molecule has 0 saturated carbocycles. The van der Waals surface area contributed by atoms with Crippen LogP contribution in [-0.4, -0.2) is 11.5 Å². The number of rotatable bonds is 4. The van der Waals surface area contributed by atoms with Crippen LogP contribution in [0.5, 0.6) is 0 Å². The van der Waals surface area contributed by atoms with Gasteiger partial charge in [-0.05, 0) is 37.1 Å². The molecule has 0 bridgehead atoms. The van der Waals surface area contributed by atoms with E-state index in [4.69, 9.17) is 11.6 Å². The first-order valence-corrected chi connectivity index (χ1v) is 6.49. The van der Waals surface area contributed by atoms with Crippen molar-refractivity contribution >= 4 is 17.3 Å². The summed E-state index contributed by atoms with van der Waals surface area (Å²) in [7, 11) is 0. The molecule has 0 aliphatic carbocycles. The van der Waals surface area contributed by atoms with Gasteiger partial charge in [-0.15, -0.1) is 0 Å². The van der Waals surface area contributed by atoms with Crippen LogP contribution in [-0.2, 0) is 6.54 Å². The predicted octanol–water partition coefficient (Wildman–Crippen LogP) is 4.07. The lowest BCUT2D eigenvalue weighted by atomic mass is 10.1. The van der Waals surface area contributed by atoms with Crippen molar-refractivity contribution in [3.8, 4) is 0 Å². The second kappa shape index (κ2) is 5.87. The van der Waals surface area contributed by atoms with Crippen molar-refractivity contribution in [3.05, 3.63) is 58.9 Å². The zero-order valence-electron chi connectivity index (χ0n) is 10.7. The van der Waals surface area contributed by atoms with Crippen LogP contribution in [0.15, 0.2) is 42.6 Å². The van der Waals surface area contributed by atoms with Gasteiger partial charge in [-0.2, -0.15) is 0 Å². The molecule has 2 aromatic rings. The van der Waals surface area contributed by atoms with Crippen molar-refractivity contribution in [2.24, 2.45) is 0 Å². The van der Waals surface area contributed by atoms with Gasteiger partial charge in [-0.1, -0.05) is 35.9 Å². The van der Waals surface area contributed by atoms with Crippen LogP contribution < -0.4 is 4.90 Å². The van der Waals surface area contributed by atoms with Crippen molar-refractivity contribution in [2.45, 2.75) is 20.4 Å². The molecule has 0 aliphatic heterocycles. The number of aromatic nitrogens is 1. The number of halogens is 1. The van der Waals surface area contributed by atoms with Gasteiger partial charge in [0.05, 0.1) is 0 Å². The van der Waals surface area contributed by atoms with Gasteiger partial charge >= 0.3 is 0 Å². The average molecular weight is 261 g/mol. The monoisotopic (exact) mass is 260 g/mol. The highest BCUT2D eigenvalue weighted by molar-refractivity contribution is 6.29. The Hall–Kier alpha value is -1.54. The van der Waals surface area contributed by atoms with Crippen molar-refractivity contribution in [1.29, 1.82) is 0 Å². The lowest BCUT2D eigenvalue weighted by molar-refractivity contribution is 0.824. The molecule has 0 radical (unpaired) electrons. The van der Waals surface area contributed by atoms with Crippen LogP contribution in [0.3, 0.4) is 0 Å². The molecule has 94 valence electrons. The molecule has 2 rings (SSSR count). The fourth-order valence-electron chi connectivity index (χ4n) is 2.01. The number of hydrogen-bond acceptors (Lipinski definition) is 2. The van der Waals surface area contributed by atoms with Gasteiger partial charge in [0, 0.05) is 25.0 Å². The second-order valence-electron chi connectivity index (χ2n) is 4.29. The Kier molecular flexibility index (Phi) is 4.21. The van der Waals surface area contributed by atoms with Gasteiger partial charge in [-0.3, -0.25) is 0 Å². The quantitative estimate of drug-likeness (QED) is 0.771. The van der Waals surface area contributed by atoms with E-state index in [9.17, 15) is 0 Å². The van der Waals surface area contributed by atoms with E-state index >= 15 is 0 Å². The largest absolute Gasteiger partial charge is 0.367 e. The van der Waals surface area contributed by atoms with E-state index in [2.05, 4.69) is 48.0 Å². The molecular formula is C15H17ClN2. The number of anilines is 1. The average Bonchev–Trinajstić information content (AvgIpc) is 2.39. The molecule has 0 fully saturated rings. The summed E-state index contributed by atoms with van der Waals surface area (Å²) in [6.07, 6.45) is 1.84. The zero-order chi connectivity index (χ0) is 13.0. The summed E-state index contributed by atoms with van der Waals surface area (Å²) < 4.78 is 0. The molecule has 18 heavy (non-hydrogen) atoms. The van der Waals surface area contributed by atoms with E-state index in [0.717, 1.165) is 13.1 Å². The molecule has 3 heteroatoms. The molecule has 0 aliphatic rings. The molecule has 1 heterocycles. The Labute approximate surface area is 113 Å². The fraction of sp³-hybridized carbons (Fsp3) is 0.267. The number of para-hydroxylation sites is 1. The summed E-state index contributed by atoms with van der Waals surface area (Å²) in [6.45, 7) is 6.12. The second-order valence-corrected chi connectivity index (χ2v) is 4.68. The van der Waals surface area contributed by atoms with Gasteiger partial charge < -0.3 is 4.90 Å². The maximum Gasteiger partial charge on any atom is 0.129 e. The first-order chi connectivity index (χ1) is 8.70. The molecular weight excluding hydrogens is 244 g/mol. The first-order valence-electron chi connectivity index (χ1n) is 6.11. The van der Waals surface area contributed by atoms with E-state index in [1.807, 2.05) is 18.3 Å². The third-order valence-corrected chi connectivity index (χ3v) is 3.22. The van der Waals surface area contributed by atoms with Gasteiger partial charge in [-0.25, -0.2) is 4.98 Å². The maximum atomic E-state index is 5.80. The van der Waals surface area contributed by atoms with Crippen LogP contribution in [0.1, 0.15) is 18.1 Å². The SMILES string of the molecule is CCN(Cc1ccc(Cl)nc1)c1ccccc1C. The van der Waals surface area contributed by atoms with Crippen LogP contribution >= 0.6 is 11.6 Å². The van der Waals surface area contributed by atoms with Gasteiger partial charge in [0.25, 0.3) is 0 Å². The van der Waals surface area contributed by atoms with E-state index in [-0.39, 0.29) is 0 Å². The smallest absolute Gasteiger partial charge is 0.129 e. The molecule has 1 aromatic carbocycles. The zero-order valence-corrected chi connectivity index (χ0v) is 11.5. The Morgan fingerprint density at radius 2 is 1.94 bits per heavy atom. The first kappa shape index (κ1) is 12.9. The molecule has 0 spiro atoms. The summed E-state index contributed by atoms with van der Waals surface area (Å²) in [5.41, 5.74) is 3.74. The predicted molar refractivity (Wildman–Crippen MR) is 77.2 cm³/mol. The van der Waals surface area contributed by atoms with Crippen LogP contribution in [0.25, 0.3) is 0 Å². The third-order valence-electron chi connectivity index (χ3n) is 3.00. The minimum absolute atomic E-state index is 0.540. The van der Waals surface area contributed by atoms with Crippen LogP contribution in [0.2, 0.25) is 5.15 Å². The highest BCUT2D eigenvalue weighted by atomic mass is 35.5. The molecule has 0 amide bonds. The lowest BCUT2D eigenvalue weighted by Crippen LogP contribution is -2.22. The third kappa shape index (κ3) is 3.02. The summed E-state index contributed by atoms with van der Waals surface area (Å²) in [5, 5.41) is 0.540. The maximum absolute atomic E-state index is 5.80. The van der Waals surface area contributed by atoms with Crippen molar-refractivity contribution in [3.63, 3.8) is 0 Å². The number of nitrogens with zero attached hydrogens (tertiary/aromatic N) is 2. The molecule has 1 aromatic heterocycles. The number of aryl methyl sites for hydroxylation is 1. The molecule has 0 atom stereocenters. The number of pyridine rings is 1. The minimum atomic E-state index is 0.540. The van der Waals surface area contributed by atoms with Crippen molar-refractivity contribution < 1.29 is 0 Å². The van der Waals surface area contributed by atoms with E-state index in [1.54, 1.807) is 0 Å². The molecule has 0 N–H and O–H groups in total. The Balaban J connectivity index is 2.20. The number of benzene rings is 1. The number of hydrogen-bond donors (Lipinski definition) is 0. The summed E-state index contributed by atoms with van der Waals surface area (Å²) in [6, 6.07) is 12.3. The van der Waals surface area contributed by atoms with Crippen LogP contribution in [0.4, 0.5) is 5.69 Å². The normalized spacial score (nSPS) is 10.4. The standard InChI is InChI=1S/C15H17ClN2/c1-3-18(14-7-5-4-6-12(14)2)11-13-8-9-15(16)17-10-13/h4-10H,3,11H2,1-2H3. The topological polar surface area (TPSA) is 16.1 Å². The van der Waals surface area contributed by atoms with Gasteiger partial charge in [0.15, 0.2) is 0 Å². The van der Waals surface area contributed by atoms with Gasteiger partial charge in [0.1, 0.15) is 5.15 Å². The van der Waals surface area contributed by atoms with E-state index < -0.39 is 0 Å². The molecule has 0 saturated heterocycles. The highest BCUT2D eigenvalue weighted by Gasteiger charge is 2.07. The van der Waals surface area contributed by atoms with E-state index in [0.29, 0.717) is 5.15 Å². The van der Waals surface area contributed by atoms with Crippen LogP contribution in [0, 0.1) is 6.92 Å². The van der Waals surface area contributed by atoms with Gasteiger partial charge in [0.2, 0.25) is 0 Å². The molecule has 2 nitrogen and oxygen atoms in total. The fourth-order valence-corrected chi connectivity index (χ4v) is 2.12. The summed E-state index contributed by atoms with van der Waals surface area (Å²) >= 11 is 5.80. The molecule has 0 unspecified atom stereocenters. The van der Waals surface area contributed by atoms with Crippen molar-refractivity contribution in [2.75, 3.05) is 11.4 Å². The Morgan fingerprint density at radius 1 is 1.17 bits per heavy atom. The minimum Gasteiger partial charge on any atom is -0.367 e. The summed E-state index contributed by atoms with van der Waals surface area (Å²) in [4.78, 5) is 6.45. The van der Waals surface area contributed by atoms with Crippen molar-refractivity contribution in [1.82, 2.24) is 4.98 Å². The highest BCUT2D eigenvalue weighted by Crippen LogP contribution is 2.21. The Morgan fingerprint density at radius 3 is 2.56 bits per heavy atom. The Bertz CT molecular complexity index is 508.